The van der Waals surface area contributed by atoms with Crippen molar-refractivity contribution >= 4 is 28.8 Å². The molecule has 2 atom stereocenters. The van der Waals surface area contributed by atoms with Crippen LogP contribution in [0.4, 0.5) is 22.9 Å². The zero-order valence-corrected chi connectivity index (χ0v) is 23.6. The van der Waals surface area contributed by atoms with E-state index >= 15 is 0 Å². The van der Waals surface area contributed by atoms with Crippen molar-refractivity contribution in [2.75, 3.05) is 22.1 Å². The van der Waals surface area contributed by atoms with Gasteiger partial charge in [0, 0.05) is 36.0 Å². The summed E-state index contributed by atoms with van der Waals surface area (Å²) in [5.41, 5.74) is 3.84. The predicted molar refractivity (Wildman–Crippen MR) is 155 cm³/mol. The summed E-state index contributed by atoms with van der Waals surface area (Å²) in [5.74, 6) is 1.55. The van der Waals surface area contributed by atoms with Crippen molar-refractivity contribution in [1.82, 2.24) is 4.98 Å². The molecule has 1 aliphatic heterocycles. The van der Waals surface area contributed by atoms with Gasteiger partial charge in [-0.15, -0.1) is 0 Å². The lowest BCUT2D eigenvalue weighted by atomic mass is 9.86. The first kappa shape index (κ1) is 28.4. The summed E-state index contributed by atoms with van der Waals surface area (Å²) in [7, 11) is 0. The minimum Gasteiger partial charge on any atom is -0.396 e. The van der Waals surface area contributed by atoms with Gasteiger partial charge in [-0.1, -0.05) is 19.4 Å². The molecular weight excluding hydrogens is 476 g/mol. The number of benzene rings is 1. The molecule has 1 fully saturated rings. The van der Waals surface area contributed by atoms with E-state index in [2.05, 4.69) is 61.5 Å². The van der Waals surface area contributed by atoms with Gasteiger partial charge in [0.1, 0.15) is 5.82 Å². The number of anilines is 4. The van der Waals surface area contributed by atoms with Crippen LogP contribution in [0.3, 0.4) is 0 Å². The minimum atomic E-state index is 0.00104. The van der Waals surface area contributed by atoms with E-state index in [0.717, 1.165) is 79.8 Å². The number of amides is 1. The van der Waals surface area contributed by atoms with Gasteiger partial charge in [0.05, 0.1) is 30.1 Å². The van der Waals surface area contributed by atoms with E-state index in [0.29, 0.717) is 18.5 Å². The van der Waals surface area contributed by atoms with Crippen LogP contribution in [0.2, 0.25) is 0 Å². The number of pyridine rings is 1. The van der Waals surface area contributed by atoms with E-state index in [4.69, 9.17) is 4.74 Å². The molecule has 0 unspecified atom stereocenters. The molecule has 0 radical (unpaired) electrons. The van der Waals surface area contributed by atoms with Crippen LogP contribution in [0.15, 0.2) is 36.5 Å². The summed E-state index contributed by atoms with van der Waals surface area (Å²) in [6.07, 6.45) is 9.92. The normalized spacial score (nSPS) is 20.6. The monoisotopic (exact) mass is 522 g/mol. The molecule has 1 amide bonds. The SMILES string of the molecule is CC[C@@H](CCO)CC[C@H](C)Nc1ccc2c(c1)N(C(=O)[C@H]1CC[C@H](OC(C)C)CC1)Cc1cccnc1N2. The standard InChI is InChI=1S/C31H46N4O3/c1-5-23(16-18-36)9-8-22(4)33-26-12-15-28-29(19-26)35(20-25-7-6-17-32-30(25)34-28)31(37)24-10-13-27(14-11-24)38-21(2)3/h6-7,12,15,17,19,21-24,27,33,36H,5,8-11,13-14,16,18,20H2,1-4H3,(H,32,34)/t22-,23+,24-,27-/m0/s1. The minimum absolute atomic E-state index is 0.00104. The third-order valence-electron chi connectivity index (χ3n) is 8.05. The number of ether oxygens (including phenoxy) is 1. The van der Waals surface area contributed by atoms with Gasteiger partial charge in [-0.3, -0.25) is 4.79 Å². The smallest absolute Gasteiger partial charge is 0.230 e. The molecule has 2 aromatic rings. The van der Waals surface area contributed by atoms with E-state index in [1.165, 1.54) is 0 Å². The zero-order valence-electron chi connectivity index (χ0n) is 23.6. The van der Waals surface area contributed by atoms with E-state index in [-0.39, 0.29) is 30.6 Å². The maximum atomic E-state index is 14.0. The maximum Gasteiger partial charge on any atom is 0.230 e. The quantitative estimate of drug-likeness (QED) is 0.306. The highest BCUT2D eigenvalue weighted by Gasteiger charge is 2.33. The molecule has 0 spiro atoms. The Balaban J connectivity index is 1.52. The van der Waals surface area contributed by atoms with Gasteiger partial charge in [0.2, 0.25) is 5.91 Å². The van der Waals surface area contributed by atoms with E-state index < -0.39 is 0 Å². The second kappa shape index (κ2) is 13.4. The fraction of sp³-hybridized carbons (Fsp3) is 0.613. The Labute approximate surface area is 228 Å². The van der Waals surface area contributed by atoms with E-state index in [9.17, 15) is 9.90 Å². The molecule has 4 rings (SSSR count). The Morgan fingerprint density at radius 3 is 2.66 bits per heavy atom. The number of hydrogen-bond acceptors (Lipinski definition) is 6. The van der Waals surface area contributed by atoms with Gasteiger partial charge >= 0.3 is 0 Å². The molecule has 1 saturated carbocycles. The number of aromatic nitrogens is 1. The predicted octanol–water partition coefficient (Wildman–Crippen LogP) is 6.64. The van der Waals surface area contributed by atoms with Crippen molar-refractivity contribution in [1.29, 1.82) is 0 Å². The summed E-state index contributed by atoms with van der Waals surface area (Å²) in [4.78, 5) is 20.5. The van der Waals surface area contributed by atoms with Crippen LogP contribution < -0.4 is 15.5 Å². The topological polar surface area (TPSA) is 86.7 Å². The molecule has 0 bridgehead atoms. The largest absolute Gasteiger partial charge is 0.396 e. The van der Waals surface area contributed by atoms with Crippen molar-refractivity contribution in [3.8, 4) is 0 Å². The average molecular weight is 523 g/mol. The number of nitrogens with zero attached hydrogens (tertiary/aromatic N) is 2. The van der Waals surface area contributed by atoms with Crippen LogP contribution in [-0.2, 0) is 16.1 Å². The third kappa shape index (κ3) is 7.26. The second-order valence-electron chi connectivity index (χ2n) is 11.4. The molecule has 3 N–H and O–H groups in total. The number of aliphatic hydroxyl groups is 1. The fourth-order valence-electron chi connectivity index (χ4n) is 5.84. The van der Waals surface area contributed by atoms with Crippen molar-refractivity contribution < 1.29 is 14.6 Å². The van der Waals surface area contributed by atoms with Crippen molar-refractivity contribution in [3.63, 3.8) is 0 Å². The number of carbonyl (C=O) groups is 1. The summed E-state index contributed by atoms with van der Waals surface area (Å²) >= 11 is 0. The van der Waals surface area contributed by atoms with Gasteiger partial charge in [0.25, 0.3) is 0 Å². The molecule has 1 aliphatic carbocycles. The molecule has 7 nitrogen and oxygen atoms in total. The van der Waals surface area contributed by atoms with Crippen molar-refractivity contribution in [2.24, 2.45) is 11.8 Å². The molecule has 2 aliphatic rings. The van der Waals surface area contributed by atoms with E-state index in [1.54, 1.807) is 6.20 Å². The maximum absolute atomic E-state index is 14.0. The molecule has 7 heteroatoms. The lowest BCUT2D eigenvalue weighted by Crippen LogP contribution is -2.38. The van der Waals surface area contributed by atoms with Gasteiger partial charge < -0.3 is 25.4 Å². The van der Waals surface area contributed by atoms with Crippen molar-refractivity contribution in [2.45, 2.75) is 104 Å². The van der Waals surface area contributed by atoms with Gasteiger partial charge in [0.15, 0.2) is 0 Å². The van der Waals surface area contributed by atoms with Gasteiger partial charge in [-0.25, -0.2) is 4.98 Å². The zero-order chi connectivity index (χ0) is 27.1. The summed E-state index contributed by atoms with van der Waals surface area (Å²) in [5, 5.41) is 16.5. The average Bonchev–Trinajstić information content (AvgIpc) is 3.07. The Bertz CT molecular complexity index is 1050. The Hall–Kier alpha value is -2.64. The number of nitrogens with one attached hydrogen (secondary N) is 2. The number of rotatable bonds is 11. The molecule has 38 heavy (non-hydrogen) atoms. The second-order valence-corrected chi connectivity index (χ2v) is 11.4. The van der Waals surface area contributed by atoms with Crippen molar-refractivity contribution in [3.05, 3.63) is 42.1 Å². The van der Waals surface area contributed by atoms with Crippen LogP contribution in [-0.4, -0.2) is 40.9 Å². The van der Waals surface area contributed by atoms with E-state index in [1.807, 2.05) is 17.0 Å². The summed E-state index contributed by atoms with van der Waals surface area (Å²) < 4.78 is 6.03. The van der Waals surface area contributed by atoms with Gasteiger partial charge in [-0.2, -0.15) is 0 Å². The first-order chi connectivity index (χ1) is 18.4. The highest BCUT2D eigenvalue weighted by Crippen LogP contribution is 2.39. The first-order valence-corrected chi connectivity index (χ1v) is 14.6. The highest BCUT2D eigenvalue weighted by molar-refractivity contribution is 6.00. The third-order valence-corrected chi connectivity index (χ3v) is 8.05. The number of fused-ring (bicyclic) bond motifs is 2. The molecule has 0 saturated heterocycles. The molecule has 208 valence electrons. The van der Waals surface area contributed by atoms with Crippen LogP contribution in [0, 0.1) is 11.8 Å². The number of hydrogen-bond donors (Lipinski definition) is 3. The number of carbonyl (C=O) groups excluding carboxylic acids is 1. The Morgan fingerprint density at radius 1 is 1.16 bits per heavy atom. The summed E-state index contributed by atoms with van der Waals surface area (Å²) in [6, 6.07) is 10.5. The Morgan fingerprint density at radius 2 is 1.95 bits per heavy atom. The van der Waals surface area contributed by atoms with Crippen LogP contribution >= 0.6 is 0 Å². The Kier molecular flexibility index (Phi) is 10.0. The molecule has 2 heterocycles. The molecular formula is C31H46N4O3. The molecule has 1 aromatic carbocycles. The summed E-state index contributed by atoms with van der Waals surface area (Å²) in [6.45, 7) is 9.31. The van der Waals surface area contributed by atoms with Crippen LogP contribution in [0.1, 0.15) is 84.6 Å². The van der Waals surface area contributed by atoms with Gasteiger partial charge in [-0.05, 0) is 95.9 Å². The van der Waals surface area contributed by atoms with Crippen LogP contribution in [0.5, 0.6) is 0 Å². The highest BCUT2D eigenvalue weighted by atomic mass is 16.5. The first-order valence-electron chi connectivity index (χ1n) is 14.6. The lowest BCUT2D eigenvalue weighted by Gasteiger charge is -2.33. The lowest BCUT2D eigenvalue weighted by molar-refractivity contribution is -0.124. The number of aliphatic hydroxyl groups excluding tert-OH is 1. The fourth-order valence-corrected chi connectivity index (χ4v) is 5.84. The molecule has 1 aromatic heterocycles. The van der Waals surface area contributed by atoms with Crippen LogP contribution in [0.25, 0.3) is 0 Å².